The van der Waals surface area contributed by atoms with Crippen LogP contribution in [0.2, 0.25) is 0 Å². The van der Waals surface area contributed by atoms with Crippen LogP contribution in [-0.2, 0) is 0 Å². The van der Waals surface area contributed by atoms with E-state index in [9.17, 15) is 0 Å². The SMILES string of the molecule is CC(C)(C)C1CC12CCCC2.CN1CC2CC(C(C)(C)C)CC2C1. The minimum Gasteiger partial charge on any atom is -0.306 e. The summed E-state index contributed by atoms with van der Waals surface area (Å²) in [4.78, 5) is 2.51. The second-order valence-electron chi connectivity index (χ2n) is 12.0. The maximum atomic E-state index is 2.51. The predicted octanol–water partition coefficient (Wildman–Crippen LogP) is 6.23. The minimum absolute atomic E-state index is 0.545. The molecular formula is C23H43N. The molecule has 1 heteroatoms. The van der Waals surface area contributed by atoms with Crippen molar-refractivity contribution in [1.82, 2.24) is 4.90 Å². The van der Waals surface area contributed by atoms with E-state index >= 15 is 0 Å². The van der Waals surface area contributed by atoms with Gasteiger partial charge in [-0.15, -0.1) is 0 Å². The van der Waals surface area contributed by atoms with Crippen LogP contribution in [0.1, 0.15) is 86.5 Å². The minimum atomic E-state index is 0.545. The molecule has 3 saturated carbocycles. The molecule has 3 aliphatic carbocycles. The van der Waals surface area contributed by atoms with Gasteiger partial charge in [-0.05, 0) is 79.1 Å². The van der Waals surface area contributed by atoms with Crippen LogP contribution in [0, 0.1) is 39.9 Å². The molecule has 3 unspecified atom stereocenters. The Balaban J connectivity index is 0.000000143. The summed E-state index contributed by atoms with van der Waals surface area (Å²) in [5.41, 5.74) is 1.98. The van der Waals surface area contributed by atoms with Crippen LogP contribution < -0.4 is 0 Å². The Morgan fingerprint density at radius 1 is 0.792 bits per heavy atom. The van der Waals surface area contributed by atoms with E-state index in [2.05, 4.69) is 53.5 Å². The van der Waals surface area contributed by atoms with E-state index in [0.29, 0.717) is 10.8 Å². The molecule has 1 spiro atoms. The average molecular weight is 334 g/mol. The lowest BCUT2D eigenvalue weighted by atomic mass is 9.79. The average Bonchev–Trinajstić information content (AvgIpc) is 2.73. The molecule has 3 atom stereocenters. The topological polar surface area (TPSA) is 3.24 Å². The number of fused-ring (bicyclic) bond motifs is 1. The van der Waals surface area contributed by atoms with E-state index in [-0.39, 0.29) is 0 Å². The first-order valence-corrected chi connectivity index (χ1v) is 10.7. The van der Waals surface area contributed by atoms with Gasteiger partial charge in [-0.2, -0.15) is 0 Å². The van der Waals surface area contributed by atoms with Gasteiger partial charge in [0.25, 0.3) is 0 Å². The number of hydrogen-bond acceptors (Lipinski definition) is 1. The summed E-state index contributed by atoms with van der Waals surface area (Å²) in [5.74, 6) is 4.08. The highest BCUT2D eigenvalue weighted by Crippen LogP contribution is 2.68. The molecule has 0 aromatic heterocycles. The fraction of sp³-hybridized carbons (Fsp3) is 1.00. The predicted molar refractivity (Wildman–Crippen MR) is 105 cm³/mol. The van der Waals surface area contributed by atoms with Crippen LogP contribution in [0.15, 0.2) is 0 Å². The van der Waals surface area contributed by atoms with Crippen molar-refractivity contribution >= 4 is 0 Å². The van der Waals surface area contributed by atoms with E-state index in [1.165, 1.54) is 58.0 Å². The third kappa shape index (κ3) is 3.87. The van der Waals surface area contributed by atoms with E-state index in [1.54, 1.807) is 0 Å². The quantitative estimate of drug-likeness (QED) is 0.507. The standard InChI is InChI=1S/C12H23N.C11H20/c1-12(2,3)11-5-9-7-13(4)8-10(9)6-11;1-10(2,3)9-8-11(9)6-4-5-7-11/h9-11H,5-8H2,1-4H3;9H,4-8H2,1-3H3. The van der Waals surface area contributed by atoms with Gasteiger partial charge < -0.3 is 4.90 Å². The van der Waals surface area contributed by atoms with Gasteiger partial charge in [0.05, 0.1) is 0 Å². The Morgan fingerprint density at radius 3 is 1.67 bits per heavy atom. The van der Waals surface area contributed by atoms with E-state index in [0.717, 1.165) is 29.1 Å². The monoisotopic (exact) mass is 333 g/mol. The number of likely N-dealkylation sites (tertiary alicyclic amines) is 1. The van der Waals surface area contributed by atoms with Crippen LogP contribution in [0.5, 0.6) is 0 Å². The van der Waals surface area contributed by atoms with Crippen molar-refractivity contribution in [2.24, 2.45) is 39.9 Å². The highest BCUT2D eigenvalue weighted by molar-refractivity contribution is 5.08. The zero-order chi connectivity index (χ0) is 17.8. The maximum Gasteiger partial charge on any atom is 0.000996 e. The lowest BCUT2D eigenvalue weighted by molar-refractivity contribution is 0.220. The Morgan fingerprint density at radius 2 is 1.29 bits per heavy atom. The Bertz CT molecular complexity index is 418. The van der Waals surface area contributed by atoms with Crippen LogP contribution in [0.4, 0.5) is 0 Å². The van der Waals surface area contributed by atoms with Crippen LogP contribution in [0.25, 0.3) is 0 Å². The van der Waals surface area contributed by atoms with Crippen molar-refractivity contribution < 1.29 is 0 Å². The van der Waals surface area contributed by atoms with Crippen molar-refractivity contribution in [3.8, 4) is 0 Å². The molecule has 0 aromatic rings. The molecule has 0 radical (unpaired) electrons. The third-order valence-corrected chi connectivity index (χ3v) is 7.99. The number of hydrogen-bond donors (Lipinski definition) is 0. The lowest BCUT2D eigenvalue weighted by Gasteiger charge is -2.28. The van der Waals surface area contributed by atoms with Gasteiger partial charge in [-0.3, -0.25) is 0 Å². The van der Waals surface area contributed by atoms with Crippen molar-refractivity contribution in [3.05, 3.63) is 0 Å². The summed E-state index contributed by atoms with van der Waals surface area (Å²) in [7, 11) is 2.27. The van der Waals surface area contributed by atoms with Gasteiger partial charge in [-0.25, -0.2) is 0 Å². The number of nitrogens with zero attached hydrogens (tertiary/aromatic N) is 1. The molecule has 4 rings (SSSR count). The summed E-state index contributed by atoms with van der Waals surface area (Å²) in [6.45, 7) is 17.2. The largest absolute Gasteiger partial charge is 0.306 e. The van der Waals surface area contributed by atoms with Gasteiger partial charge in [-0.1, -0.05) is 54.4 Å². The van der Waals surface area contributed by atoms with Crippen LogP contribution in [0.3, 0.4) is 0 Å². The third-order valence-electron chi connectivity index (χ3n) is 7.99. The molecule has 1 nitrogen and oxygen atoms in total. The smallest absolute Gasteiger partial charge is 0.000996 e. The van der Waals surface area contributed by atoms with Gasteiger partial charge in [0.2, 0.25) is 0 Å². The lowest BCUT2D eigenvalue weighted by Crippen LogP contribution is -2.22. The molecule has 24 heavy (non-hydrogen) atoms. The fourth-order valence-corrected chi connectivity index (χ4v) is 6.45. The molecular weight excluding hydrogens is 290 g/mol. The summed E-state index contributed by atoms with van der Waals surface area (Å²) in [6.07, 6.45) is 10.6. The molecule has 1 aliphatic heterocycles. The van der Waals surface area contributed by atoms with Crippen molar-refractivity contribution in [1.29, 1.82) is 0 Å². The molecule has 140 valence electrons. The van der Waals surface area contributed by atoms with Crippen molar-refractivity contribution in [2.75, 3.05) is 20.1 Å². The zero-order valence-corrected chi connectivity index (χ0v) is 17.6. The fourth-order valence-electron chi connectivity index (χ4n) is 6.45. The Hall–Kier alpha value is -0.0400. The summed E-state index contributed by atoms with van der Waals surface area (Å²) < 4.78 is 0. The van der Waals surface area contributed by atoms with Crippen molar-refractivity contribution in [2.45, 2.75) is 86.5 Å². The molecule has 0 bridgehead atoms. The highest BCUT2D eigenvalue weighted by Gasteiger charge is 2.58. The van der Waals surface area contributed by atoms with Gasteiger partial charge >= 0.3 is 0 Å². The van der Waals surface area contributed by atoms with Gasteiger partial charge in [0, 0.05) is 13.1 Å². The first-order valence-electron chi connectivity index (χ1n) is 10.7. The Labute approximate surface area is 152 Å². The first-order chi connectivity index (χ1) is 11.0. The summed E-state index contributed by atoms with van der Waals surface area (Å²) in [5, 5.41) is 0. The first kappa shape index (κ1) is 18.7. The molecule has 0 amide bonds. The van der Waals surface area contributed by atoms with Gasteiger partial charge in [0.15, 0.2) is 0 Å². The second kappa shape index (κ2) is 6.29. The molecule has 0 N–H and O–H groups in total. The van der Waals surface area contributed by atoms with E-state index < -0.39 is 0 Å². The van der Waals surface area contributed by atoms with Crippen LogP contribution >= 0.6 is 0 Å². The zero-order valence-electron chi connectivity index (χ0n) is 17.6. The number of rotatable bonds is 0. The van der Waals surface area contributed by atoms with Gasteiger partial charge in [0.1, 0.15) is 0 Å². The maximum absolute atomic E-state index is 2.51. The molecule has 0 aromatic carbocycles. The molecule has 1 heterocycles. The summed E-state index contributed by atoms with van der Waals surface area (Å²) in [6, 6.07) is 0. The molecule has 4 fully saturated rings. The Kier molecular flexibility index (Phi) is 4.91. The summed E-state index contributed by atoms with van der Waals surface area (Å²) >= 11 is 0. The normalized spacial score (nSPS) is 38.1. The molecule has 4 aliphatic rings. The van der Waals surface area contributed by atoms with E-state index in [4.69, 9.17) is 0 Å². The van der Waals surface area contributed by atoms with Crippen molar-refractivity contribution in [3.63, 3.8) is 0 Å². The van der Waals surface area contributed by atoms with E-state index in [1.807, 2.05) is 0 Å². The highest BCUT2D eigenvalue weighted by atomic mass is 15.1. The van der Waals surface area contributed by atoms with Crippen LogP contribution in [-0.4, -0.2) is 25.0 Å². The second-order valence-corrected chi connectivity index (χ2v) is 12.0. The molecule has 1 saturated heterocycles.